The van der Waals surface area contributed by atoms with E-state index in [1.807, 2.05) is 25.1 Å². The fourth-order valence-electron chi connectivity index (χ4n) is 1.70. The zero-order chi connectivity index (χ0) is 11.7. The van der Waals surface area contributed by atoms with Crippen molar-refractivity contribution in [1.29, 1.82) is 0 Å². The SMILES string of the molecule is Cc1nc(N)c2ccc(NC(C)C)cc2n1. The summed E-state index contributed by atoms with van der Waals surface area (Å²) in [4.78, 5) is 8.51. The minimum absolute atomic E-state index is 0.401. The lowest BCUT2D eigenvalue weighted by Crippen LogP contribution is -2.09. The smallest absolute Gasteiger partial charge is 0.135 e. The Bertz CT molecular complexity index is 520. The molecular weight excluding hydrogens is 200 g/mol. The minimum Gasteiger partial charge on any atom is -0.383 e. The van der Waals surface area contributed by atoms with E-state index in [1.54, 1.807) is 0 Å². The molecule has 4 heteroatoms. The van der Waals surface area contributed by atoms with Crippen LogP contribution in [0.25, 0.3) is 10.9 Å². The predicted octanol–water partition coefficient (Wildman–Crippen LogP) is 2.34. The normalized spacial score (nSPS) is 11.0. The van der Waals surface area contributed by atoms with Crippen LogP contribution < -0.4 is 11.1 Å². The first-order valence-electron chi connectivity index (χ1n) is 5.36. The number of benzene rings is 1. The van der Waals surface area contributed by atoms with Crippen molar-refractivity contribution in [3.63, 3.8) is 0 Å². The molecule has 1 heterocycles. The Morgan fingerprint density at radius 2 is 2.00 bits per heavy atom. The van der Waals surface area contributed by atoms with Gasteiger partial charge in [0, 0.05) is 17.1 Å². The Balaban J connectivity index is 2.53. The molecule has 0 bridgehead atoms. The second kappa shape index (κ2) is 3.96. The van der Waals surface area contributed by atoms with Crippen molar-refractivity contribution in [2.75, 3.05) is 11.1 Å². The highest BCUT2D eigenvalue weighted by Gasteiger charge is 2.04. The first-order chi connectivity index (χ1) is 7.56. The Morgan fingerprint density at radius 1 is 1.25 bits per heavy atom. The van der Waals surface area contributed by atoms with Gasteiger partial charge in [-0.05, 0) is 39.0 Å². The molecule has 0 atom stereocenters. The van der Waals surface area contributed by atoms with E-state index < -0.39 is 0 Å². The van der Waals surface area contributed by atoms with Crippen molar-refractivity contribution in [2.45, 2.75) is 26.8 Å². The van der Waals surface area contributed by atoms with Crippen LogP contribution in [0.2, 0.25) is 0 Å². The molecule has 0 unspecified atom stereocenters. The summed E-state index contributed by atoms with van der Waals surface area (Å²) in [5.74, 6) is 1.24. The van der Waals surface area contributed by atoms with Crippen LogP contribution in [-0.4, -0.2) is 16.0 Å². The third kappa shape index (κ3) is 2.05. The van der Waals surface area contributed by atoms with E-state index in [0.29, 0.717) is 17.7 Å². The van der Waals surface area contributed by atoms with Gasteiger partial charge in [0.15, 0.2) is 0 Å². The van der Waals surface area contributed by atoms with Gasteiger partial charge >= 0.3 is 0 Å². The molecule has 0 aliphatic heterocycles. The van der Waals surface area contributed by atoms with Gasteiger partial charge in [-0.15, -0.1) is 0 Å². The molecule has 0 fully saturated rings. The van der Waals surface area contributed by atoms with Gasteiger partial charge in [-0.25, -0.2) is 9.97 Å². The second-order valence-electron chi connectivity index (χ2n) is 4.19. The number of nitrogens with zero attached hydrogens (tertiary/aromatic N) is 2. The highest BCUT2D eigenvalue weighted by atomic mass is 14.9. The zero-order valence-electron chi connectivity index (χ0n) is 9.78. The number of fused-ring (bicyclic) bond motifs is 1. The van der Waals surface area contributed by atoms with Gasteiger partial charge in [-0.1, -0.05) is 0 Å². The van der Waals surface area contributed by atoms with Crippen molar-refractivity contribution >= 4 is 22.4 Å². The Morgan fingerprint density at radius 3 is 2.69 bits per heavy atom. The van der Waals surface area contributed by atoms with E-state index in [1.165, 1.54) is 0 Å². The predicted molar refractivity (Wildman–Crippen MR) is 67.4 cm³/mol. The quantitative estimate of drug-likeness (QED) is 0.808. The van der Waals surface area contributed by atoms with Crippen LogP contribution in [0.1, 0.15) is 19.7 Å². The summed E-state index contributed by atoms with van der Waals surface area (Å²) < 4.78 is 0. The van der Waals surface area contributed by atoms with Crippen molar-refractivity contribution in [2.24, 2.45) is 0 Å². The molecule has 1 aromatic carbocycles. The van der Waals surface area contributed by atoms with Gasteiger partial charge in [-0.3, -0.25) is 0 Å². The summed E-state index contributed by atoms with van der Waals surface area (Å²) in [5, 5.41) is 4.24. The summed E-state index contributed by atoms with van der Waals surface area (Å²) in [6.45, 7) is 6.05. The largest absolute Gasteiger partial charge is 0.383 e. The number of aromatic nitrogens is 2. The molecule has 2 aromatic rings. The molecule has 84 valence electrons. The molecule has 4 nitrogen and oxygen atoms in total. The number of nitrogens with one attached hydrogen (secondary N) is 1. The Kier molecular flexibility index (Phi) is 2.64. The van der Waals surface area contributed by atoms with Gasteiger partial charge in [0.1, 0.15) is 11.6 Å². The number of nitrogens with two attached hydrogens (primary N) is 1. The average Bonchev–Trinajstić information content (AvgIpc) is 2.15. The van der Waals surface area contributed by atoms with Crippen molar-refractivity contribution in [3.8, 4) is 0 Å². The maximum absolute atomic E-state index is 5.84. The summed E-state index contributed by atoms with van der Waals surface area (Å²) in [5.41, 5.74) is 7.78. The lowest BCUT2D eigenvalue weighted by atomic mass is 10.2. The maximum Gasteiger partial charge on any atom is 0.135 e. The van der Waals surface area contributed by atoms with E-state index >= 15 is 0 Å². The lowest BCUT2D eigenvalue weighted by Gasteiger charge is -2.11. The Labute approximate surface area is 94.9 Å². The first-order valence-corrected chi connectivity index (χ1v) is 5.36. The molecule has 0 spiro atoms. The van der Waals surface area contributed by atoms with Crippen LogP contribution >= 0.6 is 0 Å². The molecule has 0 aliphatic carbocycles. The third-order valence-corrected chi connectivity index (χ3v) is 2.29. The Hall–Kier alpha value is -1.84. The second-order valence-corrected chi connectivity index (χ2v) is 4.19. The first kappa shape index (κ1) is 10.7. The number of nitrogen functional groups attached to an aromatic ring is 1. The van der Waals surface area contributed by atoms with Gasteiger partial charge in [0.2, 0.25) is 0 Å². The van der Waals surface area contributed by atoms with Crippen LogP contribution in [0.3, 0.4) is 0 Å². The highest BCUT2D eigenvalue weighted by Crippen LogP contribution is 2.21. The van der Waals surface area contributed by atoms with E-state index in [4.69, 9.17) is 5.73 Å². The van der Waals surface area contributed by atoms with Gasteiger partial charge in [0.05, 0.1) is 5.52 Å². The number of hydrogen-bond acceptors (Lipinski definition) is 4. The van der Waals surface area contributed by atoms with Gasteiger partial charge in [-0.2, -0.15) is 0 Å². The van der Waals surface area contributed by atoms with Crippen molar-refractivity contribution < 1.29 is 0 Å². The van der Waals surface area contributed by atoms with Crippen LogP contribution in [0, 0.1) is 6.92 Å². The van der Waals surface area contributed by atoms with E-state index in [2.05, 4.69) is 29.1 Å². The van der Waals surface area contributed by atoms with E-state index in [-0.39, 0.29) is 0 Å². The van der Waals surface area contributed by atoms with Gasteiger partial charge in [0.25, 0.3) is 0 Å². The number of hydrogen-bond donors (Lipinski definition) is 2. The van der Waals surface area contributed by atoms with Crippen LogP contribution in [0.5, 0.6) is 0 Å². The number of anilines is 2. The van der Waals surface area contributed by atoms with Crippen LogP contribution in [-0.2, 0) is 0 Å². The monoisotopic (exact) mass is 216 g/mol. The van der Waals surface area contributed by atoms with Crippen molar-refractivity contribution in [1.82, 2.24) is 9.97 Å². The van der Waals surface area contributed by atoms with Gasteiger partial charge < -0.3 is 11.1 Å². The summed E-state index contributed by atoms with van der Waals surface area (Å²) in [7, 11) is 0. The average molecular weight is 216 g/mol. The molecule has 0 amide bonds. The van der Waals surface area contributed by atoms with Crippen LogP contribution in [0.4, 0.5) is 11.5 Å². The summed E-state index contributed by atoms with van der Waals surface area (Å²) in [6.07, 6.45) is 0. The fourth-order valence-corrected chi connectivity index (χ4v) is 1.70. The third-order valence-electron chi connectivity index (χ3n) is 2.29. The summed E-state index contributed by atoms with van der Waals surface area (Å²) >= 11 is 0. The topological polar surface area (TPSA) is 63.8 Å². The molecule has 0 radical (unpaired) electrons. The lowest BCUT2D eigenvalue weighted by molar-refractivity contribution is 0.900. The molecule has 0 saturated heterocycles. The molecule has 0 saturated carbocycles. The molecule has 16 heavy (non-hydrogen) atoms. The molecular formula is C12H16N4. The minimum atomic E-state index is 0.401. The molecule has 1 aromatic heterocycles. The molecule has 3 N–H and O–H groups in total. The van der Waals surface area contributed by atoms with E-state index in [9.17, 15) is 0 Å². The molecule has 2 rings (SSSR count). The fraction of sp³-hybridized carbons (Fsp3) is 0.333. The van der Waals surface area contributed by atoms with E-state index in [0.717, 1.165) is 16.6 Å². The van der Waals surface area contributed by atoms with Crippen molar-refractivity contribution in [3.05, 3.63) is 24.0 Å². The number of rotatable bonds is 2. The highest BCUT2D eigenvalue weighted by molar-refractivity contribution is 5.90. The molecule has 0 aliphatic rings. The zero-order valence-corrected chi connectivity index (χ0v) is 9.78. The number of aryl methyl sites for hydroxylation is 1. The standard InChI is InChI=1S/C12H16N4/c1-7(2)14-9-4-5-10-11(6-9)15-8(3)16-12(10)13/h4-7,14H,1-3H3,(H2,13,15,16). The van der Waals surface area contributed by atoms with Crippen LogP contribution in [0.15, 0.2) is 18.2 Å². The maximum atomic E-state index is 5.84. The summed E-state index contributed by atoms with van der Waals surface area (Å²) in [6, 6.07) is 6.35.